The molecular weight excluding hydrogens is 176 g/mol. The van der Waals surface area contributed by atoms with Crippen LogP contribution in [0, 0.1) is 0 Å². The van der Waals surface area contributed by atoms with E-state index in [1.165, 1.54) is 0 Å². The Kier molecular flexibility index (Phi) is 6.56. The van der Waals surface area contributed by atoms with Crippen LogP contribution in [0.25, 0.3) is 0 Å². The van der Waals surface area contributed by atoms with Crippen molar-refractivity contribution in [1.82, 2.24) is 0 Å². The normalized spacial score (nSPS) is 8.44. The number of aliphatic carboxylic acids is 2. The van der Waals surface area contributed by atoms with Crippen LogP contribution in [0.15, 0.2) is 12.2 Å². The maximum atomic E-state index is 9.53. The fourth-order valence-corrected chi connectivity index (χ4v) is 0.139. The number of hydrogen-bond donors (Lipinski definition) is 1. The zero-order valence-corrected chi connectivity index (χ0v) is 5.07. The summed E-state index contributed by atoms with van der Waals surface area (Å²) in [5.74, 6) is -2.80. The Balaban J connectivity index is 0. The molecule has 0 bridgehead atoms. The van der Waals surface area contributed by atoms with Crippen molar-refractivity contribution in [3.8, 4) is 0 Å². The van der Waals surface area contributed by atoms with Crippen molar-refractivity contribution in [2.45, 2.75) is 0 Å². The molecule has 0 rings (SSSR count). The van der Waals surface area contributed by atoms with Gasteiger partial charge in [-0.1, -0.05) is 0 Å². The molecule has 0 fully saturated rings. The van der Waals surface area contributed by atoms with Gasteiger partial charge in [0.25, 0.3) is 0 Å². The first-order valence-corrected chi connectivity index (χ1v) is 1.75. The number of carbonyl (C=O) groups is 2. The molecule has 9 heavy (non-hydrogen) atoms. The van der Waals surface area contributed by atoms with Crippen LogP contribution in [0.1, 0.15) is 0 Å². The van der Waals surface area contributed by atoms with Gasteiger partial charge in [0.15, 0.2) is 0 Å². The number of carboxylic acid groups (broad SMARTS) is 2. The minimum atomic E-state index is -1.51. The fourth-order valence-electron chi connectivity index (χ4n) is 0.139. The second kappa shape index (κ2) is 5.34. The summed E-state index contributed by atoms with van der Waals surface area (Å²) in [5.41, 5.74) is 0. The Bertz CT molecular complexity index is 124. The number of carboxylic acids is 2. The van der Waals surface area contributed by atoms with Crippen molar-refractivity contribution >= 4 is 11.9 Å². The summed E-state index contributed by atoms with van der Waals surface area (Å²) in [7, 11) is 0. The minimum Gasteiger partial charge on any atom is -0.545 e. The predicted octanol–water partition coefficient (Wildman–Crippen LogP) is -1.63. The third kappa shape index (κ3) is 11.0. The van der Waals surface area contributed by atoms with Gasteiger partial charge in [-0.2, -0.15) is 0 Å². The summed E-state index contributed by atoms with van der Waals surface area (Å²) in [5, 5.41) is 17.2. The van der Waals surface area contributed by atoms with Crippen LogP contribution >= 0.6 is 0 Å². The van der Waals surface area contributed by atoms with E-state index >= 15 is 0 Å². The summed E-state index contributed by atoms with van der Waals surface area (Å²) in [6, 6.07) is 0. The van der Waals surface area contributed by atoms with E-state index in [0.29, 0.717) is 12.2 Å². The van der Waals surface area contributed by atoms with Gasteiger partial charge in [-0.3, -0.25) is 0 Å². The number of hydrogen-bond acceptors (Lipinski definition) is 3. The van der Waals surface area contributed by atoms with Gasteiger partial charge in [-0.15, -0.1) is 0 Å². The smallest absolute Gasteiger partial charge is 0.545 e. The van der Waals surface area contributed by atoms with Gasteiger partial charge in [0.2, 0.25) is 0 Å². The van der Waals surface area contributed by atoms with E-state index < -0.39 is 11.9 Å². The summed E-state index contributed by atoms with van der Waals surface area (Å²) in [6.07, 6.45) is 0.942. The molecule has 0 spiro atoms. The Morgan fingerprint density at radius 2 is 1.78 bits per heavy atom. The summed E-state index contributed by atoms with van der Waals surface area (Å²) in [6.45, 7) is 0. The first-order valence-electron chi connectivity index (χ1n) is 1.75. The Morgan fingerprint density at radius 1 is 1.33 bits per heavy atom. The standard InChI is InChI=1S/C4H4O4.Cu/c5-3(6)1-2-4(7)8;/h1-2H,(H,5,6)(H,7,8);/q;+1/p-1/b2-1+;. The van der Waals surface area contributed by atoms with E-state index in [9.17, 15) is 14.7 Å². The Hall–Kier alpha value is -0.801. The van der Waals surface area contributed by atoms with Crippen molar-refractivity contribution in [3.63, 3.8) is 0 Å². The van der Waals surface area contributed by atoms with Gasteiger partial charge in [-0.25, -0.2) is 4.79 Å². The minimum absolute atomic E-state index is 0. The van der Waals surface area contributed by atoms with Crippen LogP contribution in [0.4, 0.5) is 0 Å². The molecule has 0 saturated heterocycles. The first-order chi connectivity index (χ1) is 3.63. The molecule has 0 aliphatic carbocycles. The monoisotopic (exact) mass is 178 g/mol. The molecule has 0 heterocycles. The molecule has 0 radical (unpaired) electrons. The van der Waals surface area contributed by atoms with Crippen LogP contribution < -0.4 is 5.11 Å². The van der Waals surface area contributed by atoms with Gasteiger partial charge in [0, 0.05) is 6.08 Å². The first kappa shape index (κ1) is 11.1. The van der Waals surface area contributed by atoms with E-state index in [2.05, 4.69) is 0 Å². The van der Waals surface area contributed by atoms with Gasteiger partial charge >= 0.3 is 23.0 Å². The zero-order chi connectivity index (χ0) is 6.57. The molecule has 0 aromatic carbocycles. The SMILES string of the molecule is O=C([O-])/C=C/C(=O)O.[Cu+]. The van der Waals surface area contributed by atoms with Crippen molar-refractivity contribution < 1.29 is 36.9 Å². The van der Waals surface area contributed by atoms with E-state index in [0.717, 1.165) is 0 Å². The third-order valence-electron chi connectivity index (χ3n) is 0.362. The van der Waals surface area contributed by atoms with Crippen LogP contribution in [0.3, 0.4) is 0 Å². The third-order valence-corrected chi connectivity index (χ3v) is 0.362. The van der Waals surface area contributed by atoms with Gasteiger partial charge in [0.05, 0.1) is 5.97 Å². The molecule has 0 aromatic heterocycles. The Labute approximate surface area is 61.7 Å². The quantitative estimate of drug-likeness (QED) is 0.407. The fraction of sp³-hybridized carbons (Fsp3) is 0. The molecule has 0 aliphatic rings. The van der Waals surface area contributed by atoms with Crippen LogP contribution in [-0.2, 0) is 26.7 Å². The van der Waals surface area contributed by atoms with Crippen molar-refractivity contribution in [2.24, 2.45) is 0 Å². The molecule has 0 aromatic rings. The van der Waals surface area contributed by atoms with Crippen molar-refractivity contribution in [3.05, 3.63) is 12.2 Å². The summed E-state index contributed by atoms with van der Waals surface area (Å²) < 4.78 is 0. The number of rotatable bonds is 2. The van der Waals surface area contributed by atoms with E-state index in [-0.39, 0.29) is 17.1 Å². The second-order valence-corrected chi connectivity index (χ2v) is 0.991. The molecule has 0 atom stereocenters. The van der Waals surface area contributed by atoms with E-state index in [4.69, 9.17) is 5.11 Å². The summed E-state index contributed by atoms with van der Waals surface area (Å²) in [4.78, 5) is 19.0. The average Bonchev–Trinajstić information content (AvgIpc) is 1.61. The molecule has 0 saturated carbocycles. The van der Waals surface area contributed by atoms with E-state index in [1.54, 1.807) is 0 Å². The number of carbonyl (C=O) groups excluding carboxylic acids is 1. The van der Waals surface area contributed by atoms with Crippen molar-refractivity contribution in [1.29, 1.82) is 0 Å². The van der Waals surface area contributed by atoms with Crippen LogP contribution in [0.5, 0.6) is 0 Å². The molecule has 4 nitrogen and oxygen atoms in total. The van der Waals surface area contributed by atoms with Gasteiger partial charge in [0.1, 0.15) is 0 Å². The molecule has 0 amide bonds. The zero-order valence-electron chi connectivity index (χ0n) is 4.13. The van der Waals surface area contributed by atoms with Gasteiger partial charge < -0.3 is 15.0 Å². The molecule has 5 heteroatoms. The molecule has 0 unspecified atom stereocenters. The average molecular weight is 179 g/mol. The van der Waals surface area contributed by atoms with E-state index in [1.807, 2.05) is 0 Å². The second-order valence-electron chi connectivity index (χ2n) is 0.991. The van der Waals surface area contributed by atoms with Crippen LogP contribution in [0.2, 0.25) is 0 Å². The molecule has 54 valence electrons. The topological polar surface area (TPSA) is 77.4 Å². The summed E-state index contributed by atoms with van der Waals surface area (Å²) >= 11 is 0. The molecule has 1 N–H and O–H groups in total. The molecule has 0 aliphatic heterocycles. The van der Waals surface area contributed by atoms with Gasteiger partial charge in [-0.05, 0) is 6.08 Å². The largest absolute Gasteiger partial charge is 1.00 e. The maximum Gasteiger partial charge on any atom is 1.00 e. The molecular formula is C4H3CuO4. The van der Waals surface area contributed by atoms with Crippen molar-refractivity contribution in [2.75, 3.05) is 0 Å². The predicted molar refractivity (Wildman–Crippen MR) is 21.8 cm³/mol. The van der Waals surface area contributed by atoms with Crippen LogP contribution in [-0.4, -0.2) is 17.0 Å². The Morgan fingerprint density at radius 3 is 1.89 bits per heavy atom. The maximum absolute atomic E-state index is 9.53.